The highest BCUT2D eigenvalue weighted by Gasteiger charge is 2.40. The summed E-state index contributed by atoms with van der Waals surface area (Å²) in [4.78, 5) is 0. The third-order valence-corrected chi connectivity index (χ3v) is 3.94. The lowest BCUT2D eigenvalue weighted by Gasteiger charge is -2.30. The molecule has 1 fully saturated rings. The van der Waals surface area contributed by atoms with Crippen LogP contribution in [0.2, 0.25) is 0 Å². The highest BCUT2D eigenvalue weighted by atomic mass is 35.5. The number of benzene rings is 1. The van der Waals surface area contributed by atoms with Crippen LogP contribution in [0.1, 0.15) is 35.6 Å². The molecular weight excluding hydrogens is 346 g/mol. The lowest BCUT2D eigenvalue weighted by molar-refractivity contribution is -0.143. The molecule has 0 aromatic heterocycles. The first-order valence-corrected chi connectivity index (χ1v) is 6.85. The van der Waals surface area contributed by atoms with E-state index in [4.69, 9.17) is 5.73 Å². The van der Waals surface area contributed by atoms with Crippen LogP contribution in [-0.2, 0) is 12.4 Å². The van der Waals surface area contributed by atoms with E-state index in [2.05, 4.69) is 5.32 Å². The molecule has 0 saturated carbocycles. The molecular formula is C14H17ClF6N2. The fraction of sp³-hybridized carbons (Fsp3) is 0.571. The van der Waals surface area contributed by atoms with E-state index in [0.29, 0.717) is 32.0 Å². The average molecular weight is 363 g/mol. The Labute approximate surface area is 135 Å². The van der Waals surface area contributed by atoms with Crippen molar-refractivity contribution in [2.24, 2.45) is 11.7 Å². The summed E-state index contributed by atoms with van der Waals surface area (Å²) in [6.45, 7) is 1.28. The van der Waals surface area contributed by atoms with Crippen LogP contribution in [0.4, 0.5) is 26.3 Å². The molecule has 2 nitrogen and oxygen atoms in total. The summed E-state index contributed by atoms with van der Waals surface area (Å²) in [7, 11) is 0. The van der Waals surface area contributed by atoms with Crippen LogP contribution in [0.5, 0.6) is 0 Å². The minimum atomic E-state index is -4.87. The molecule has 0 spiro atoms. The predicted molar refractivity (Wildman–Crippen MR) is 76.2 cm³/mol. The van der Waals surface area contributed by atoms with Crippen LogP contribution in [0, 0.1) is 5.92 Å². The third kappa shape index (κ3) is 4.74. The maximum atomic E-state index is 13.1. The molecule has 132 valence electrons. The highest BCUT2D eigenvalue weighted by molar-refractivity contribution is 5.85. The van der Waals surface area contributed by atoms with Crippen LogP contribution >= 0.6 is 12.4 Å². The zero-order valence-corrected chi connectivity index (χ0v) is 12.8. The molecule has 0 aliphatic carbocycles. The molecule has 2 rings (SSSR count). The Morgan fingerprint density at radius 2 is 1.57 bits per heavy atom. The van der Waals surface area contributed by atoms with E-state index >= 15 is 0 Å². The van der Waals surface area contributed by atoms with E-state index in [1.807, 2.05) is 0 Å². The van der Waals surface area contributed by atoms with Gasteiger partial charge in [0.25, 0.3) is 0 Å². The second-order valence-corrected chi connectivity index (χ2v) is 5.41. The summed E-state index contributed by atoms with van der Waals surface area (Å²) >= 11 is 0. The van der Waals surface area contributed by atoms with Crippen molar-refractivity contribution in [1.82, 2.24) is 5.32 Å². The van der Waals surface area contributed by atoms with E-state index in [1.54, 1.807) is 0 Å². The molecule has 0 unspecified atom stereocenters. The first-order valence-electron chi connectivity index (χ1n) is 6.85. The Balaban J connectivity index is 0.00000264. The van der Waals surface area contributed by atoms with Crippen molar-refractivity contribution in [2.75, 3.05) is 13.1 Å². The summed E-state index contributed by atoms with van der Waals surface area (Å²) in [6.07, 6.45) is -8.50. The van der Waals surface area contributed by atoms with Gasteiger partial charge in [0.05, 0.1) is 11.1 Å². The van der Waals surface area contributed by atoms with Gasteiger partial charge in [-0.15, -0.1) is 12.4 Å². The lowest BCUT2D eigenvalue weighted by atomic mass is 9.84. The molecule has 1 aromatic carbocycles. The van der Waals surface area contributed by atoms with Gasteiger partial charge in [0.2, 0.25) is 0 Å². The van der Waals surface area contributed by atoms with E-state index in [9.17, 15) is 26.3 Å². The van der Waals surface area contributed by atoms with Crippen LogP contribution in [-0.4, -0.2) is 13.1 Å². The fourth-order valence-electron chi connectivity index (χ4n) is 2.73. The zero-order chi connectivity index (χ0) is 16.5. The summed E-state index contributed by atoms with van der Waals surface area (Å²) in [5.74, 6) is -0.181. The standard InChI is InChI=1S/C14H16F6N2.ClH/c15-13(16,17)9-1-2-10(11(7-9)14(18,19)20)12(21)8-3-5-22-6-4-8;/h1-2,7-8,12,22H,3-6,21H2;1H/t12-;/m1./s1. The minimum absolute atomic E-state index is 0. The molecule has 1 aliphatic heterocycles. The molecule has 1 heterocycles. The van der Waals surface area contributed by atoms with Gasteiger partial charge in [0.1, 0.15) is 0 Å². The van der Waals surface area contributed by atoms with Crippen molar-refractivity contribution in [2.45, 2.75) is 31.2 Å². The van der Waals surface area contributed by atoms with Gasteiger partial charge in [-0.1, -0.05) is 6.07 Å². The molecule has 1 saturated heterocycles. The van der Waals surface area contributed by atoms with Gasteiger partial charge in [-0.05, 0) is 49.5 Å². The highest BCUT2D eigenvalue weighted by Crippen LogP contribution is 2.40. The second-order valence-electron chi connectivity index (χ2n) is 5.41. The van der Waals surface area contributed by atoms with Crippen molar-refractivity contribution in [3.8, 4) is 0 Å². The summed E-state index contributed by atoms with van der Waals surface area (Å²) in [5.41, 5.74) is 3.03. The molecule has 23 heavy (non-hydrogen) atoms. The van der Waals surface area contributed by atoms with Gasteiger partial charge in [0.15, 0.2) is 0 Å². The molecule has 1 atom stereocenters. The number of hydrogen-bond acceptors (Lipinski definition) is 2. The number of alkyl halides is 6. The molecule has 0 radical (unpaired) electrons. The third-order valence-electron chi connectivity index (χ3n) is 3.94. The van der Waals surface area contributed by atoms with Gasteiger partial charge in [0, 0.05) is 6.04 Å². The minimum Gasteiger partial charge on any atom is -0.324 e. The SMILES string of the molecule is Cl.N[C@@H](c1ccc(C(F)(F)F)cc1C(F)(F)F)C1CCNCC1. The van der Waals surface area contributed by atoms with E-state index in [0.717, 1.165) is 6.07 Å². The van der Waals surface area contributed by atoms with E-state index in [1.165, 1.54) is 0 Å². The number of piperidine rings is 1. The van der Waals surface area contributed by atoms with Crippen molar-refractivity contribution >= 4 is 12.4 Å². The summed E-state index contributed by atoms with van der Waals surface area (Å²) in [6, 6.07) is 0.737. The van der Waals surface area contributed by atoms with Crippen molar-refractivity contribution in [1.29, 1.82) is 0 Å². The summed E-state index contributed by atoms with van der Waals surface area (Å²) < 4.78 is 77.2. The van der Waals surface area contributed by atoms with Gasteiger partial charge in [-0.3, -0.25) is 0 Å². The van der Waals surface area contributed by atoms with E-state index < -0.39 is 29.5 Å². The zero-order valence-electron chi connectivity index (χ0n) is 12.0. The maximum Gasteiger partial charge on any atom is 0.416 e. The topological polar surface area (TPSA) is 38.0 Å². The number of nitrogens with two attached hydrogens (primary N) is 1. The Bertz CT molecular complexity index is 523. The Morgan fingerprint density at radius 1 is 1.00 bits per heavy atom. The number of nitrogens with one attached hydrogen (secondary N) is 1. The second kappa shape index (κ2) is 7.27. The largest absolute Gasteiger partial charge is 0.416 e. The van der Waals surface area contributed by atoms with Crippen LogP contribution in [0.15, 0.2) is 18.2 Å². The first-order chi connectivity index (χ1) is 10.1. The monoisotopic (exact) mass is 362 g/mol. The van der Waals surface area contributed by atoms with Gasteiger partial charge >= 0.3 is 12.4 Å². The maximum absolute atomic E-state index is 13.1. The lowest BCUT2D eigenvalue weighted by Crippen LogP contribution is -2.34. The van der Waals surface area contributed by atoms with E-state index in [-0.39, 0.29) is 30.0 Å². The molecule has 9 heteroatoms. The normalized spacial score (nSPS) is 18.4. The van der Waals surface area contributed by atoms with Crippen LogP contribution in [0.3, 0.4) is 0 Å². The molecule has 0 bridgehead atoms. The smallest absolute Gasteiger partial charge is 0.324 e. The number of hydrogen-bond donors (Lipinski definition) is 2. The molecule has 1 aliphatic rings. The van der Waals surface area contributed by atoms with Crippen LogP contribution < -0.4 is 11.1 Å². The summed E-state index contributed by atoms with van der Waals surface area (Å²) in [5, 5.41) is 3.07. The molecule has 1 aromatic rings. The quantitative estimate of drug-likeness (QED) is 0.776. The Kier molecular flexibility index (Phi) is 6.34. The van der Waals surface area contributed by atoms with Gasteiger partial charge in [-0.25, -0.2) is 0 Å². The number of halogens is 7. The Hall–Kier alpha value is -0.990. The van der Waals surface area contributed by atoms with Crippen LogP contribution in [0.25, 0.3) is 0 Å². The Morgan fingerprint density at radius 3 is 2.04 bits per heavy atom. The van der Waals surface area contributed by atoms with Gasteiger partial charge < -0.3 is 11.1 Å². The van der Waals surface area contributed by atoms with Gasteiger partial charge in [-0.2, -0.15) is 26.3 Å². The average Bonchev–Trinajstić information content (AvgIpc) is 2.45. The first kappa shape index (κ1) is 20.1. The van der Waals surface area contributed by atoms with Crippen molar-refractivity contribution < 1.29 is 26.3 Å². The number of rotatable bonds is 2. The molecule has 3 N–H and O–H groups in total. The molecule has 0 amide bonds. The van der Waals surface area contributed by atoms with Crippen molar-refractivity contribution in [3.63, 3.8) is 0 Å². The fourth-order valence-corrected chi connectivity index (χ4v) is 2.73. The predicted octanol–water partition coefficient (Wildman–Crippen LogP) is 4.15. The van der Waals surface area contributed by atoms with Crippen molar-refractivity contribution in [3.05, 3.63) is 34.9 Å².